The fourth-order valence-electron chi connectivity index (χ4n) is 2.27. The molecule has 0 aliphatic carbocycles. The highest BCUT2D eigenvalue weighted by Crippen LogP contribution is 2.32. The summed E-state index contributed by atoms with van der Waals surface area (Å²) >= 11 is 0. The normalized spacial score (nSPS) is 17.4. The summed E-state index contributed by atoms with van der Waals surface area (Å²) in [5, 5.41) is 2.48. The summed E-state index contributed by atoms with van der Waals surface area (Å²) in [6.45, 7) is 4.61. The molecule has 0 atom stereocenters. The van der Waals surface area contributed by atoms with E-state index in [1.807, 2.05) is 6.07 Å². The molecule has 1 aliphatic heterocycles. The van der Waals surface area contributed by atoms with Gasteiger partial charge in [-0.05, 0) is 29.3 Å². The van der Waals surface area contributed by atoms with Crippen LogP contribution in [0.15, 0.2) is 42.5 Å². The average Bonchev–Trinajstić information content (AvgIpc) is 2.38. The molecule has 0 spiro atoms. The summed E-state index contributed by atoms with van der Waals surface area (Å²) in [5.74, 6) is 0.952. The molecule has 94 valence electrons. The molecule has 2 nitrogen and oxygen atoms in total. The maximum absolute atomic E-state index is 5.93. The number of fused-ring (bicyclic) bond motifs is 1. The van der Waals surface area contributed by atoms with Gasteiger partial charge < -0.3 is 9.47 Å². The molecule has 3 rings (SSSR count). The second-order valence-corrected chi connectivity index (χ2v) is 5.14. The average molecular weight is 242 g/mol. The van der Waals surface area contributed by atoms with Crippen molar-refractivity contribution in [1.82, 2.24) is 0 Å². The molecule has 0 saturated carbocycles. The molecule has 0 aromatic heterocycles. The highest BCUT2D eigenvalue weighted by atomic mass is 16.5. The van der Waals surface area contributed by atoms with Crippen LogP contribution in [-0.4, -0.2) is 19.8 Å². The molecule has 0 radical (unpaired) electrons. The van der Waals surface area contributed by atoms with Crippen LogP contribution in [0.4, 0.5) is 0 Å². The molecule has 2 heteroatoms. The molecule has 0 unspecified atom stereocenters. The Kier molecular flexibility index (Phi) is 2.96. The van der Waals surface area contributed by atoms with E-state index in [1.165, 1.54) is 10.8 Å². The Balaban J connectivity index is 1.74. The topological polar surface area (TPSA) is 18.5 Å². The Morgan fingerprint density at radius 3 is 2.56 bits per heavy atom. The van der Waals surface area contributed by atoms with Crippen LogP contribution >= 0.6 is 0 Å². The molecule has 18 heavy (non-hydrogen) atoms. The van der Waals surface area contributed by atoms with Crippen molar-refractivity contribution < 1.29 is 9.47 Å². The zero-order valence-electron chi connectivity index (χ0n) is 10.7. The van der Waals surface area contributed by atoms with Crippen LogP contribution in [0, 0.1) is 5.41 Å². The second-order valence-electron chi connectivity index (χ2n) is 5.14. The summed E-state index contributed by atoms with van der Waals surface area (Å²) in [7, 11) is 0. The van der Waals surface area contributed by atoms with Gasteiger partial charge in [0, 0.05) is 0 Å². The Labute approximate surface area is 108 Å². The highest BCUT2D eigenvalue weighted by Gasteiger charge is 2.37. The smallest absolute Gasteiger partial charge is 0.119 e. The lowest BCUT2D eigenvalue weighted by Crippen LogP contribution is -2.46. The van der Waals surface area contributed by atoms with Crippen LogP contribution in [0.1, 0.15) is 13.3 Å². The van der Waals surface area contributed by atoms with Crippen molar-refractivity contribution in [2.45, 2.75) is 13.3 Å². The zero-order valence-corrected chi connectivity index (χ0v) is 10.7. The van der Waals surface area contributed by atoms with E-state index in [4.69, 9.17) is 9.47 Å². The summed E-state index contributed by atoms with van der Waals surface area (Å²) in [4.78, 5) is 0. The van der Waals surface area contributed by atoms with Crippen LogP contribution in [0.3, 0.4) is 0 Å². The minimum Gasteiger partial charge on any atom is -0.493 e. The Morgan fingerprint density at radius 1 is 1.11 bits per heavy atom. The maximum atomic E-state index is 5.93. The van der Waals surface area contributed by atoms with Crippen molar-refractivity contribution in [2.24, 2.45) is 5.41 Å². The molecule has 1 saturated heterocycles. The van der Waals surface area contributed by atoms with E-state index in [-0.39, 0.29) is 5.41 Å². The van der Waals surface area contributed by atoms with Crippen LogP contribution in [0.2, 0.25) is 0 Å². The third kappa shape index (κ3) is 2.08. The van der Waals surface area contributed by atoms with Crippen molar-refractivity contribution in [3.63, 3.8) is 0 Å². The van der Waals surface area contributed by atoms with E-state index in [9.17, 15) is 0 Å². The largest absolute Gasteiger partial charge is 0.493 e. The molecular weight excluding hydrogens is 224 g/mol. The first-order valence-corrected chi connectivity index (χ1v) is 6.51. The molecule has 1 fully saturated rings. The van der Waals surface area contributed by atoms with Gasteiger partial charge in [-0.2, -0.15) is 0 Å². The van der Waals surface area contributed by atoms with Crippen LogP contribution in [0.5, 0.6) is 5.75 Å². The van der Waals surface area contributed by atoms with Gasteiger partial charge in [0.05, 0.1) is 25.2 Å². The van der Waals surface area contributed by atoms with Gasteiger partial charge in [-0.1, -0.05) is 37.3 Å². The highest BCUT2D eigenvalue weighted by molar-refractivity contribution is 5.83. The number of benzene rings is 2. The van der Waals surface area contributed by atoms with E-state index in [0.717, 1.165) is 32.0 Å². The fourth-order valence-corrected chi connectivity index (χ4v) is 2.27. The second kappa shape index (κ2) is 4.62. The van der Waals surface area contributed by atoms with E-state index in [0.29, 0.717) is 0 Å². The van der Waals surface area contributed by atoms with Gasteiger partial charge in [0.15, 0.2) is 0 Å². The molecule has 0 bridgehead atoms. The van der Waals surface area contributed by atoms with Gasteiger partial charge in [-0.15, -0.1) is 0 Å². The van der Waals surface area contributed by atoms with E-state index >= 15 is 0 Å². The molecule has 0 N–H and O–H groups in total. The molecule has 2 aromatic rings. The van der Waals surface area contributed by atoms with Gasteiger partial charge >= 0.3 is 0 Å². The third-order valence-electron chi connectivity index (χ3n) is 3.83. The van der Waals surface area contributed by atoms with Crippen LogP contribution in [-0.2, 0) is 4.74 Å². The van der Waals surface area contributed by atoms with Crippen molar-refractivity contribution in [3.05, 3.63) is 42.5 Å². The predicted molar refractivity (Wildman–Crippen MR) is 73.0 cm³/mol. The lowest BCUT2D eigenvalue weighted by molar-refractivity contribution is -0.133. The van der Waals surface area contributed by atoms with E-state index in [2.05, 4.69) is 43.3 Å². The number of hydrogen-bond acceptors (Lipinski definition) is 2. The van der Waals surface area contributed by atoms with Crippen LogP contribution < -0.4 is 4.74 Å². The molecule has 2 aromatic carbocycles. The third-order valence-corrected chi connectivity index (χ3v) is 3.83. The Bertz CT molecular complexity index is 538. The van der Waals surface area contributed by atoms with Gasteiger partial charge in [-0.25, -0.2) is 0 Å². The number of hydrogen-bond donors (Lipinski definition) is 0. The summed E-state index contributed by atoms with van der Waals surface area (Å²) in [5.41, 5.74) is 0.242. The van der Waals surface area contributed by atoms with Crippen molar-refractivity contribution in [1.29, 1.82) is 0 Å². The lowest BCUT2D eigenvalue weighted by Gasteiger charge is -2.40. The molecular formula is C16H18O2. The number of rotatable bonds is 4. The SMILES string of the molecule is CCC1(COc2ccc3ccccc3c2)COC1. The number of ether oxygens (including phenoxy) is 2. The lowest BCUT2D eigenvalue weighted by atomic mass is 9.84. The fraction of sp³-hybridized carbons (Fsp3) is 0.375. The zero-order chi connectivity index (χ0) is 12.4. The van der Waals surface area contributed by atoms with E-state index < -0.39 is 0 Å². The molecule has 1 aliphatic rings. The van der Waals surface area contributed by atoms with Gasteiger partial charge in [0.25, 0.3) is 0 Å². The first-order chi connectivity index (χ1) is 8.81. The Hall–Kier alpha value is -1.54. The molecule has 0 amide bonds. The Morgan fingerprint density at radius 2 is 1.89 bits per heavy atom. The van der Waals surface area contributed by atoms with Crippen molar-refractivity contribution in [2.75, 3.05) is 19.8 Å². The minimum absolute atomic E-state index is 0.242. The molecule has 1 heterocycles. The summed E-state index contributed by atoms with van der Waals surface area (Å²) < 4.78 is 11.2. The van der Waals surface area contributed by atoms with Gasteiger partial charge in [0.2, 0.25) is 0 Å². The minimum atomic E-state index is 0.242. The summed E-state index contributed by atoms with van der Waals surface area (Å²) in [6, 6.07) is 14.6. The first kappa shape index (κ1) is 11.5. The van der Waals surface area contributed by atoms with E-state index in [1.54, 1.807) is 0 Å². The van der Waals surface area contributed by atoms with Gasteiger partial charge in [-0.3, -0.25) is 0 Å². The maximum Gasteiger partial charge on any atom is 0.119 e. The monoisotopic (exact) mass is 242 g/mol. The summed E-state index contributed by atoms with van der Waals surface area (Å²) in [6.07, 6.45) is 1.11. The van der Waals surface area contributed by atoms with Crippen molar-refractivity contribution in [3.8, 4) is 5.75 Å². The standard InChI is InChI=1S/C16H18O2/c1-2-16(10-17-11-16)12-18-15-8-7-13-5-3-4-6-14(13)9-15/h3-9H,2,10-12H2,1H3. The first-order valence-electron chi connectivity index (χ1n) is 6.51. The quantitative estimate of drug-likeness (QED) is 0.814. The predicted octanol–water partition coefficient (Wildman–Crippen LogP) is 3.65. The van der Waals surface area contributed by atoms with Crippen LogP contribution in [0.25, 0.3) is 10.8 Å². The van der Waals surface area contributed by atoms with Gasteiger partial charge in [0.1, 0.15) is 5.75 Å². The van der Waals surface area contributed by atoms with Crippen molar-refractivity contribution >= 4 is 10.8 Å².